The van der Waals surface area contributed by atoms with E-state index in [4.69, 9.17) is 5.11 Å². The summed E-state index contributed by atoms with van der Waals surface area (Å²) in [5.41, 5.74) is 1.82. The number of aryl methyl sites for hydroxylation is 2. The number of carbonyl (C=O) groups is 1. The Balaban J connectivity index is 2.22. The van der Waals surface area contributed by atoms with Crippen LogP contribution in [0.5, 0.6) is 0 Å². The second-order valence-electron chi connectivity index (χ2n) is 4.42. The number of thioether (sulfide) groups is 1. The van der Waals surface area contributed by atoms with Gasteiger partial charge in [-0.15, -0.1) is 0 Å². The highest BCUT2D eigenvalue weighted by atomic mass is 32.2. The molecular formula is C12H17N3O2S. The van der Waals surface area contributed by atoms with Gasteiger partial charge in [-0.3, -0.25) is 9.78 Å². The number of carboxylic acids is 1. The molecule has 1 saturated heterocycles. The molecule has 1 aliphatic heterocycles. The molecule has 1 aliphatic rings. The molecule has 98 valence electrons. The smallest absolute Gasteiger partial charge is 0.305 e. The van der Waals surface area contributed by atoms with E-state index in [0.29, 0.717) is 0 Å². The average molecular weight is 267 g/mol. The van der Waals surface area contributed by atoms with E-state index in [1.807, 2.05) is 13.8 Å². The van der Waals surface area contributed by atoms with E-state index in [0.717, 1.165) is 35.3 Å². The van der Waals surface area contributed by atoms with E-state index >= 15 is 0 Å². The summed E-state index contributed by atoms with van der Waals surface area (Å²) in [5, 5.41) is 8.96. The Bertz CT molecular complexity index is 453. The number of nitrogens with zero attached hydrogens (tertiary/aromatic N) is 3. The van der Waals surface area contributed by atoms with Crippen molar-refractivity contribution in [3.63, 3.8) is 0 Å². The second-order valence-corrected chi connectivity index (χ2v) is 5.57. The highest BCUT2D eigenvalue weighted by Gasteiger charge is 2.26. The fourth-order valence-corrected chi connectivity index (χ4v) is 3.06. The van der Waals surface area contributed by atoms with E-state index in [1.165, 1.54) is 0 Å². The van der Waals surface area contributed by atoms with Gasteiger partial charge in [0.2, 0.25) is 0 Å². The highest BCUT2D eigenvalue weighted by molar-refractivity contribution is 7.99. The lowest BCUT2D eigenvalue weighted by molar-refractivity contribution is -0.137. The maximum absolute atomic E-state index is 10.9. The molecule has 0 saturated carbocycles. The zero-order valence-electron chi connectivity index (χ0n) is 10.6. The third-order valence-electron chi connectivity index (χ3n) is 3.11. The largest absolute Gasteiger partial charge is 0.481 e. The minimum Gasteiger partial charge on any atom is -0.481 e. The molecule has 1 aromatic heterocycles. The summed E-state index contributed by atoms with van der Waals surface area (Å²) >= 11 is 1.80. The van der Waals surface area contributed by atoms with Crippen LogP contribution < -0.4 is 4.90 Å². The molecule has 1 fully saturated rings. The first kappa shape index (κ1) is 13.1. The Kier molecular flexibility index (Phi) is 4.06. The predicted molar refractivity (Wildman–Crippen MR) is 72.2 cm³/mol. The van der Waals surface area contributed by atoms with Crippen molar-refractivity contribution in [1.29, 1.82) is 0 Å². The topological polar surface area (TPSA) is 66.3 Å². The fraction of sp³-hybridized carbons (Fsp3) is 0.583. The van der Waals surface area contributed by atoms with Crippen LogP contribution in [-0.4, -0.2) is 45.1 Å². The molecule has 0 radical (unpaired) electrons. The summed E-state index contributed by atoms with van der Waals surface area (Å²) in [5.74, 6) is 1.87. The molecule has 0 bridgehead atoms. The lowest BCUT2D eigenvalue weighted by Crippen LogP contribution is -2.44. The van der Waals surface area contributed by atoms with Gasteiger partial charge in [0, 0.05) is 24.1 Å². The predicted octanol–water partition coefficient (Wildman–Crippen LogP) is 1.49. The summed E-state index contributed by atoms with van der Waals surface area (Å²) in [4.78, 5) is 21.8. The van der Waals surface area contributed by atoms with Crippen molar-refractivity contribution >= 4 is 23.5 Å². The molecule has 0 amide bonds. The monoisotopic (exact) mass is 267 g/mol. The van der Waals surface area contributed by atoms with E-state index in [2.05, 4.69) is 14.9 Å². The molecule has 0 aliphatic carbocycles. The van der Waals surface area contributed by atoms with Crippen molar-refractivity contribution in [3.05, 3.63) is 17.6 Å². The molecule has 0 spiro atoms. The van der Waals surface area contributed by atoms with Gasteiger partial charge in [-0.05, 0) is 13.8 Å². The summed E-state index contributed by atoms with van der Waals surface area (Å²) in [6.07, 6.45) is 1.90. The van der Waals surface area contributed by atoms with Gasteiger partial charge in [-0.1, -0.05) is 0 Å². The van der Waals surface area contributed by atoms with Gasteiger partial charge < -0.3 is 10.0 Å². The lowest BCUT2D eigenvalue weighted by Gasteiger charge is -2.35. The van der Waals surface area contributed by atoms with Gasteiger partial charge in [0.25, 0.3) is 0 Å². The first-order valence-electron chi connectivity index (χ1n) is 5.94. The second kappa shape index (κ2) is 5.56. The molecule has 0 aromatic carbocycles. The van der Waals surface area contributed by atoms with E-state index in [9.17, 15) is 4.79 Å². The quantitative estimate of drug-likeness (QED) is 0.895. The Hall–Kier alpha value is -1.30. The fourth-order valence-electron chi connectivity index (χ4n) is 2.00. The van der Waals surface area contributed by atoms with Crippen LogP contribution >= 0.6 is 11.8 Å². The number of aliphatic carboxylic acids is 1. The van der Waals surface area contributed by atoms with Crippen molar-refractivity contribution in [2.45, 2.75) is 26.3 Å². The van der Waals surface area contributed by atoms with Crippen molar-refractivity contribution in [2.75, 3.05) is 23.0 Å². The first-order chi connectivity index (χ1) is 8.58. The Morgan fingerprint density at radius 3 is 3.00 bits per heavy atom. The summed E-state index contributed by atoms with van der Waals surface area (Å²) < 4.78 is 0. The zero-order valence-corrected chi connectivity index (χ0v) is 11.4. The third-order valence-corrected chi connectivity index (χ3v) is 4.20. The molecule has 5 nitrogen and oxygen atoms in total. The van der Waals surface area contributed by atoms with Crippen LogP contribution in [0.1, 0.15) is 17.8 Å². The molecule has 2 heterocycles. The highest BCUT2D eigenvalue weighted by Crippen LogP contribution is 2.24. The third kappa shape index (κ3) is 2.93. The van der Waals surface area contributed by atoms with E-state index in [-0.39, 0.29) is 12.5 Å². The van der Waals surface area contributed by atoms with Crippen molar-refractivity contribution in [1.82, 2.24) is 9.97 Å². The molecule has 1 aromatic rings. The Labute approximate surface area is 111 Å². The lowest BCUT2D eigenvalue weighted by atomic mass is 10.2. The van der Waals surface area contributed by atoms with Gasteiger partial charge in [0.1, 0.15) is 5.82 Å². The number of aromatic nitrogens is 2. The maximum atomic E-state index is 10.9. The van der Waals surface area contributed by atoms with Crippen LogP contribution in [0.15, 0.2) is 6.20 Å². The number of anilines is 1. The van der Waals surface area contributed by atoms with Crippen molar-refractivity contribution in [3.8, 4) is 0 Å². The average Bonchev–Trinajstić information content (AvgIpc) is 2.33. The van der Waals surface area contributed by atoms with Crippen molar-refractivity contribution in [2.24, 2.45) is 0 Å². The summed E-state index contributed by atoms with van der Waals surface area (Å²) in [6.45, 7) is 4.68. The number of hydrogen-bond acceptors (Lipinski definition) is 5. The molecule has 1 N–H and O–H groups in total. The van der Waals surface area contributed by atoms with Gasteiger partial charge in [0.05, 0.1) is 24.0 Å². The van der Waals surface area contributed by atoms with Gasteiger partial charge in [-0.2, -0.15) is 11.8 Å². The van der Waals surface area contributed by atoms with Gasteiger partial charge >= 0.3 is 5.97 Å². The SMILES string of the molecule is Cc1ncc(N2CCSCC2CC(=O)O)nc1C. The standard InChI is InChI=1S/C12H17N3O2S/c1-8-9(2)14-11(6-13-8)15-3-4-18-7-10(15)5-12(16)17/h6,10H,3-5,7H2,1-2H3,(H,16,17). The Morgan fingerprint density at radius 1 is 1.56 bits per heavy atom. The molecule has 1 atom stereocenters. The van der Waals surface area contributed by atoms with Gasteiger partial charge in [0.15, 0.2) is 0 Å². The van der Waals surface area contributed by atoms with Crippen LogP contribution in [0.4, 0.5) is 5.82 Å². The molecule has 2 rings (SSSR count). The van der Waals surface area contributed by atoms with Gasteiger partial charge in [-0.25, -0.2) is 4.98 Å². The minimum absolute atomic E-state index is 0.0117. The molecule has 18 heavy (non-hydrogen) atoms. The normalized spacial score (nSPS) is 19.9. The number of hydrogen-bond donors (Lipinski definition) is 1. The van der Waals surface area contributed by atoms with Crippen LogP contribution in [0.25, 0.3) is 0 Å². The van der Waals surface area contributed by atoms with Crippen LogP contribution in [0, 0.1) is 13.8 Å². The summed E-state index contributed by atoms with van der Waals surface area (Å²) in [7, 11) is 0. The molecular weight excluding hydrogens is 250 g/mol. The van der Waals surface area contributed by atoms with Crippen LogP contribution in [0.2, 0.25) is 0 Å². The number of carboxylic acid groups (broad SMARTS) is 1. The van der Waals surface area contributed by atoms with Crippen LogP contribution in [-0.2, 0) is 4.79 Å². The zero-order chi connectivity index (χ0) is 13.1. The Morgan fingerprint density at radius 2 is 2.33 bits per heavy atom. The first-order valence-corrected chi connectivity index (χ1v) is 7.10. The van der Waals surface area contributed by atoms with Crippen LogP contribution in [0.3, 0.4) is 0 Å². The maximum Gasteiger partial charge on any atom is 0.305 e. The van der Waals surface area contributed by atoms with Crippen molar-refractivity contribution < 1.29 is 9.90 Å². The molecule has 1 unspecified atom stereocenters. The van der Waals surface area contributed by atoms with E-state index in [1.54, 1.807) is 18.0 Å². The summed E-state index contributed by atoms with van der Waals surface area (Å²) in [6, 6.07) is 0.0117. The molecule has 6 heteroatoms. The van der Waals surface area contributed by atoms with E-state index < -0.39 is 5.97 Å². The minimum atomic E-state index is -0.760. The number of rotatable bonds is 3.